The fourth-order valence-corrected chi connectivity index (χ4v) is 3.70. The Kier molecular flexibility index (Phi) is 2.47. The number of aromatic nitrogens is 1. The van der Waals surface area contributed by atoms with Crippen molar-refractivity contribution in [3.63, 3.8) is 0 Å². The predicted octanol–water partition coefficient (Wildman–Crippen LogP) is 2.86. The van der Waals surface area contributed by atoms with Crippen LogP contribution in [-0.2, 0) is 0 Å². The molecule has 2 heteroatoms. The van der Waals surface area contributed by atoms with E-state index >= 15 is 0 Å². The minimum atomic E-state index is -0.288. The van der Waals surface area contributed by atoms with Gasteiger partial charge in [0.1, 0.15) is 0 Å². The van der Waals surface area contributed by atoms with Crippen LogP contribution in [0.15, 0.2) is 18.5 Å². The molecular formula is C14H19NO. The Labute approximate surface area is 96.7 Å². The molecule has 1 heterocycles. The molecule has 1 N–H and O–H groups in total. The van der Waals surface area contributed by atoms with E-state index in [4.69, 9.17) is 0 Å². The molecular weight excluding hydrogens is 198 g/mol. The summed E-state index contributed by atoms with van der Waals surface area (Å²) in [6, 6.07) is 1.99. The minimum absolute atomic E-state index is 0.288. The zero-order valence-electron chi connectivity index (χ0n) is 9.76. The molecule has 4 atom stereocenters. The van der Waals surface area contributed by atoms with Gasteiger partial charge >= 0.3 is 0 Å². The van der Waals surface area contributed by atoms with Crippen LogP contribution >= 0.6 is 0 Å². The first-order valence-electron chi connectivity index (χ1n) is 6.34. The molecule has 0 aromatic carbocycles. The van der Waals surface area contributed by atoms with Gasteiger partial charge in [-0.3, -0.25) is 4.98 Å². The van der Waals surface area contributed by atoms with E-state index in [9.17, 15) is 5.11 Å². The van der Waals surface area contributed by atoms with E-state index in [0.29, 0.717) is 5.92 Å². The van der Waals surface area contributed by atoms with Crippen LogP contribution in [0.2, 0.25) is 0 Å². The quantitative estimate of drug-likeness (QED) is 0.826. The van der Waals surface area contributed by atoms with E-state index in [1.165, 1.54) is 31.2 Å². The lowest BCUT2D eigenvalue weighted by molar-refractivity contribution is 0.0737. The SMILES string of the molecule is Cc1ccncc1C(O)C1CC2CCC1C2. The van der Waals surface area contributed by atoms with Gasteiger partial charge in [0.25, 0.3) is 0 Å². The molecule has 4 unspecified atom stereocenters. The molecule has 2 nitrogen and oxygen atoms in total. The van der Waals surface area contributed by atoms with Crippen LogP contribution in [0.3, 0.4) is 0 Å². The molecule has 2 fully saturated rings. The summed E-state index contributed by atoms with van der Waals surface area (Å²) in [6.45, 7) is 2.06. The predicted molar refractivity (Wildman–Crippen MR) is 62.9 cm³/mol. The molecule has 2 bridgehead atoms. The summed E-state index contributed by atoms with van der Waals surface area (Å²) < 4.78 is 0. The maximum absolute atomic E-state index is 10.5. The fourth-order valence-electron chi connectivity index (χ4n) is 3.70. The van der Waals surface area contributed by atoms with Crippen molar-refractivity contribution in [2.75, 3.05) is 0 Å². The summed E-state index contributed by atoms with van der Waals surface area (Å²) in [5, 5.41) is 10.5. The molecule has 2 aliphatic rings. The minimum Gasteiger partial charge on any atom is -0.388 e. The van der Waals surface area contributed by atoms with Gasteiger partial charge in [-0.05, 0) is 55.6 Å². The molecule has 86 valence electrons. The lowest BCUT2D eigenvalue weighted by Crippen LogP contribution is -2.19. The van der Waals surface area contributed by atoms with Crippen LogP contribution in [-0.4, -0.2) is 10.1 Å². The molecule has 2 saturated carbocycles. The van der Waals surface area contributed by atoms with Crippen LogP contribution in [0, 0.1) is 24.7 Å². The molecule has 0 radical (unpaired) electrons. The summed E-state index contributed by atoms with van der Waals surface area (Å²) in [5.74, 6) is 2.14. The summed E-state index contributed by atoms with van der Waals surface area (Å²) in [4.78, 5) is 4.14. The zero-order chi connectivity index (χ0) is 11.1. The number of hydrogen-bond donors (Lipinski definition) is 1. The molecule has 0 saturated heterocycles. The van der Waals surface area contributed by atoms with Gasteiger partial charge in [0.2, 0.25) is 0 Å². The topological polar surface area (TPSA) is 33.1 Å². The van der Waals surface area contributed by atoms with Gasteiger partial charge in [-0.15, -0.1) is 0 Å². The third kappa shape index (κ3) is 1.56. The fraction of sp³-hybridized carbons (Fsp3) is 0.643. The number of fused-ring (bicyclic) bond motifs is 2. The van der Waals surface area contributed by atoms with Crippen molar-refractivity contribution in [1.29, 1.82) is 0 Å². The van der Waals surface area contributed by atoms with E-state index in [0.717, 1.165) is 17.4 Å². The Morgan fingerprint density at radius 2 is 2.25 bits per heavy atom. The number of aliphatic hydroxyl groups excluding tert-OH is 1. The Morgan fingerprint density at radius 1 is 1.38 bits per heavy atom. The Balaban J connectivity index is 1.83. The normalized spacial score (nSPS) is 34.2. The highest BCUT2D eigenvalue weighted by Gasteiger charge is 2.43. The highest BCUT2D eigenvalue weighted by molar-refractivity contribution is 5.25. The third-order valence-electron chi connectivity index (χ3n) is 4.60. The third-order valence-corrected chi connectivity index (χ3v) is 4.60. The van der Waals surface area contributed by atoms with Crippen molar-refractivity contribution in [1.82, 2.24) is 4.98 Å². The van der Waals surface area contributed by atoms with Gasteiger partial charge in [0, 0.05) is 18.0 Å². The van der Waals surface area contributed by atoms with Crippen molar-refractivity contribution in [3.05, 3.63) is 29.6 Å². The van der Waals surface area contributed by atoms with Gasteiger partial charge in [0.05, 0.1) is 6.10 Å². The first-order valence-corrected chi connectivity index (χ1v) is 6.34. The highest BCUT2D eigenvalue weighted by Crippen LogP contribution is 2.52. The number of pyridine rings is 1. The van der Waals surface area contributed by atoms with Crippen LogP contribution in [0.5, 0.6) is 0 Å². The van der Waals surface area contributed by atoms with E-state index in [2.05, 4.69) is 11.9 Å². The van der Waals surface area contributed by atoms with Crippen LogP contribution < -0.4 is 0 Å². The van der Waals surface area contributed by atoms with Crippen molar-refractivity contribution < 1.29 is 5.11 Å². The highest BCUT2D eigenvalue weighted by atomic mass is 16.3. The molecule has 1 aromatic rings. The molecule has 3 rings (SSSR count). The van der Waals surface area contributed by atoms with Crippen LogP contribution in [0.4, 0.5) is 0 Å². The van der Waals surface area contributed by atoms with Crippen molar-refractivity contribution in [2.24, 2.45) is 17.8 Å². The lowest BCUT2D eigenvalue weighted by Gasteiger charge is -2.27. The molecule has 0 aliphatic heterocycles. The number of hydrogen-bond acceptors (Lipinski definition) is 2. The lowest BCUT2D eigenvalue weighted by atomic mass is 9.81. The van der Waals surface area contributed by atoms with Crippen LogP contribution in [0.1, 0.15) is 42.9 Å². The Morgan fingerprint density at radius 3 is 2.88 bits per heavy atom. The van der Waals surface area contributed by atoms with Crippen molar-refractivity contribution >= 4 is 0 Å². The molecule has 16 heavy (non-hydrogen) atoms. The van der Waals surface area contributed by atoms with Crippen molar-refractivity contribution in [2.45, 2.75) is 38.7 Å². The number of aliphatic hydroxyl groups is 1. The Bertz CT molecular complexity index is 390. The summed E-state index contributed by atoms with van der Waals surface area (Å²) in [6.07, 6.45) is 8.63. The second-order valence-electron chi connectivity index (χ2n) is 5.52. The summed E-state index contributed by atoms with van der Waals surface area (Å²) >= 11 is 0. The van der Waals surface area contributed by atoms with Gasteiger partial charge in [-0.2, -0.15) is 0 Å². The average molecular weight is 217 g/mol. The summed E-state index contributed by atoms with van der Waals surface area (Å²) in [7, 11) is 0. The van der Waals surface area contributed by atoms with E-state index < -0.39 is 0 Å². The van der Waals surface area contributed by atoms with E-state index in [1.807, 2.05) is 12.3 Å². The van der Waals surface area contributed by atoms with Gasteiger partial charge < -0.3 is 5.11 Å². The van der Waals surface area contributed by atoms with E-state index in [1.54, 1.807) is 6.20 Å². The van der Waals surface area contributed by atoms with Crippen molar-refractivity contribution in [3.8, 4) is 0 Å². The molecule has 1 aromatic heterocycles. The monoisotopic (exact) mass is 217 g/mol. The van der Waals surface area contributed by atoms with Gasteiger partial charge in [-0.1, -0.05) is 6.42 Å². The zero-order valence-corrected chi connectivity index (χ0v) is 9.76. The molecule has 0 spiro atoms. The second kappa shape index (κ2) is 3.85. The standard InChI is InChI=1S/C14H19NO/c1-9-4-5-15-8-13(9)14(16)12-7-10-2-3-11(12)6-10/h4-5,8,10-12,14,16H,2-3,6-7H2,1H3. The number of aryl methyl sites for hydroxylation is 1. The van der Waals surface area contributed by atoms with E-state index in [-0.39, 0.29) is 6.10 Å². The Hall–Kier alpha value is -0.890. The largest absolute Gasteiger partial charge is 0.388 e. The first kappa shape index (κ1) is 10.3. The maximum Gasteiger partial charge on any atom is 0.0838 e. The maximum atomic E-state index is 10.5. The first-order chi connectivity index (χ1) is 7.75. The van der Waals surface area contributed by atoms with Gasteiger partial charge in [-0.25, -0.2) is 0 Å². The number of nitrogens with zero attached hydrogens (tertiary/aromatic N) is 1. The number of rotatable bonds is 2. The average Bonchev–Trinajstić information content (AvgIpc) is 2.90. The van der Waals surface area contributed by atoms with Crippen LogP contribution in [0.25, 0.3) is 0 Å². The molecule has 0 amide bonds. The summed E-state index contributed by atoms with van der Waals surface area (Å²) in [5.41, 5.74) is 2.21. The second-order valence-corrected chi connectivity index (χ2v) is 5.52. The smallest absolute Gasteiger partial charge is 0.0838 e. The molecule has 2 aliphatic carbocycles. The van der Waals surface area contributed by atoms with Gasteiger partial charge in [0.15, 0.2) is 0 Å².